The summed E-state index contributed by atoms with van der Waals surface area (Å²) in [5.41, 5.74) is 1.16. The Hall–Kier alpha value is -1.60. The fraction of sp³-hybridized carbons (Fsp3) is 0.500. The van der Waals surface area contributed by atoms with Crippen molar-refractivity contribution in [2.24, 2.45) is 0 Å². The number of carboxylic acids is 1. The molecule has 106 valence electrons. The third-order valence-corrected chi connectivity index (χ3v) is 3.24. The second kappa shape index (κ2) is 7.75. The summed E-state index contributed by atoms with van der Waals surface area (Å²) in [7, 11) is 1.29. The van der Waals surface area contributed by atoms with E-state index in [0.29, 0.717) is 0 Å². The Bertz CT molecular complexity index is 408. The molecule has 1 heterocycles. The summed E-state index contributed by atoms with van der Waals surface area (Å²) in [6.45, 7) is 1.82. The van der Waals surface area contributed by atoms with Crippen LogP contribution in [-0.4, -0.2) is 42.9 Å². The second-order valence-corrected chi connectivity index (χ2v) is 4.93. The highest BCUT2D eigenvalue weighted by molar-refractivity contribution is 7.07. The van der Waals surface area contributed by atoms with E-state index in [1.807, 2.05) is 23.8 Å². The molecule has 0 spiro atoms. The molecule has 7 heteroatoms. The van der Waals surface area contributed by atoms with Gasteiger partial charge in [-0.2, -0.15) is 11.3 Å². The summed E-state index contributed by atoms with van der Waals surface area (Å²) in [5.74, 6) is -1.10. The first-order valence-electron chi connectivity index (χ1n) is 5.84. The number of hydrogen-bond donors (Lipinski definition) is 3. The first-order chi connectivity index (χ1) is 9.02. The number of rotatable bonds is 7. The summed E-state index contributed by atoms with van der Waals surface area (Å²) in [4.78, 5) is 22.2. The molecule has 6 nitrogen and oxygen atoms in total. The highest BCUT2D eigenvalue weighted by Gasteiger charge is 2.17. The molecule has 0 aliphatic heterocycles. The predicted octanol–water partition coefficient (Wildman–Crippen LogP) is 1.08. The zero-order chi connectivity index (χ0) is 14.3. The number of hydrogen-bond acceptors (Lipinski definition) is 4. The van der Waals surface area contributed by atoms with Crippen molar-refractivity contribution in [1.29, 1.82) is 0 Å². The second-order valence-electron chi connectivity index (χ2n) is 4.15. The van der Waals surface area contributed by atoms with E-state index >= 15 is 0 Å². The Kier molecular flexibility index (Phi) is 6.31. The Labute approximate surface area is 115 Å². The van der Waals surface area contributed by atoms with Crippen LogP contribution in [0.3, 0.4) is 0 Å². The van der Waals surface area contributed by atoms with Gasteiger partial charge < -0.3 is 20.5 Å². The summed E-state index contributed by atoms with van der Waals surface area (Å²) in [5, 5.41) is 18.0. The van der Waals surface area contributed by atoms with Gasteiger partial charge in [0.15, 0.2) is 6.10 Å². The van der Waals surface area contributed by atoms with E-state index in [2.05, 4.69) is 10.6 Å². The van der Waals surface area contributed by atoms with Crippen LogP contribution >= 0.6 is 11.3 Å². The molecule has 2 amide bonds. The molecule has 1 aromatic rings. The van der Waals surface area contributed by atoms with E-state index in [4.69, 9.17) is 9.84 Å². The van der Waals surface area contributed by atoms with Gasteiger partial charge in [0.1, 0.15) is 0 Å². The van der Waals surface area contributed by atoms with Gasteiger partial charge in [0.05, 0.1) is 6.54 Å². The maximum Gasteiger partial charge on any atom is 0.334 e. The number of carboxylic acid groups (broad SMARTS) is 1. The molecule has 2 unspecified atom stereocenters. The van der Waals surface area contributed by atoms with Gasteiger partial charge in [0.2, 0.25) is 0 Å². The van der Waals surface area contributed by atoms with Crippen LogP contribution in [0.1, 0.15) is 12.5 Å². The van der Waals surface area contributed by atoms with E-state index < -0.39 is 18.1 Å². The van der Waals surface area contributed by atoms with Gasteiger partial charge in [0, 0.05) is 13.2 Å². The number of aliphatic carboxylic acids is 1. The minimum atomic E-state index is -1.10. The van der Waals surface area contributed by atoms with Crippen LogP contribution in [0.15, 0.2) is 16.8 Å². The standard InChI is InChI=1S/C12H18N2O4S/c1-8(5-9-3-4-19-7-9)14-12(17)13-6-10(18-2)11(15)16/h3-4,7-8,10H,5-6H2,1-2H3,(H,15,16)(H2,13,14,17). The van der Waals surface area contributed by atoms with Crippen LogP contribution in [0.25, 0.3) is 0 Å². The molecule has 0 radical (unpaired) electrons. The lowest BCUT2D eigenvalue weighted by atomic mass is 10.1. The molecule has 0 aromatic carbocycles. The van der Waals surface area contributed by atoms with Crippen LogP contribution in [0.5, 0.6) is 0 Å². The molecule has 0 aliphatic rings. The van der Waals surface area contributed by atoms with Gasteiger partial charge in [0.25, 0.3) is 0 Å². The maximum absolute atomic E-state index is 11.6. The Morgan fingerprint density at radius 1 is 1.53 bits per heavy atom. The molecule has 1 aromatic heterocycles. The maximum atomic E-state index is 11.6. The average molecular weight is 286 g/mol. The highest BCUT2D eigenvalue weighted by atomic mass is 32.1. The van der Waals surface area contributed by atoms with Crippen molar-refractivity contribution < 1.29 is 19.4 Å². The summed E-state index contributed by atoms with van der Waals surface area (Å²) >= 11 is 1.61. The molecule has 0 bridgehead atoms. The number of carbonyl (C=O) groups excluding carboxylic acids is 1. The van der Waals surface area contributed by atoms with Crippen LogP contribution in [0.4, 0.5) is 4.79 Å². The van der Waals surface area contributed by atoms with Crippen molar-refractivity contribution in [2.75, 3.05) is 13.7 Å². The van der Waals surface area contributed by atoms with Gasteiger partial charge in [-0.05, 0) is 35.7 Å². The van der Waals surface area contributed by atoms with Crippen LogP contribution in [0.2, 0.25) is 0 Å². The Balaban J connectivity index is 2.28. The molecular formula is C12H18N2O4S. The van der Waals surface area contributed by atoms with E-state index in [9.17, 15) is 9.59 Å². The topological polar surface area (TPSA) is 87.7 Å². The van der Waals surface area contributed by atoms with Gasteiger partial charge in [-0.3, -0.25) is 0 Å². The molecule has 0 fully saturated rings. The molecule has 1 rings (SSSR count). The number of methoxy groups -OCH3 is 1. The van der Waals surface area contributed by atoms with E-state index in [-0.39, 0.29) is 12.6 Å². The molecule has 0 saturated heterocycles. The van der Waals surface area contributed by atoms with Crippen molar-refractivity contribution in [3.63, 3.8) is 0 Å². The van der Waals surface area contributed by atoms with Crippen LogP contribution in [0, 0.1) is 0 Å². The van der Waals surface area contributed by atoms with Crippen LogP contribution < -0.4 is 10.6 Å². The van der Waals surface area contributed by atoms with Gasteiger partial charge in [-0.15, -0.1) is 0 Å². The van der Waals surface area contributed by atoms with Crippen molar-refractivity contribution in [2.45, 2.75) is 25.5 Å². The van der Waals surface area contributed by atoms with E-state index in [1.54, 1.807) is 11.3 Å². The fourth-order valence-corrected chi connectivity index (χ4v) is 2.23. The van der Waals surface area contributed by atoms with Gasteiger partial charge >= 0.3 is 12.0 Å². The lowest BCUT2D eigenvalue weighted by molar-refractivity contribution is -0.147. The third-order valence-electron chi connectivity index (χ3n) is 2.51. The van der Waals surface area contributed by atoms with Crippen molar-refractivity contribution in [1.82, 2.24) is 10.6 Å². The molecule has 0 aliphatic carbocycles. The smallest absolute Gasteiger partial charge is 0.334 e. The van der Waals surface area contributed by atoms with Gasteiger partial charge in [-0.25, -0.2) is 9.59 Å². The number of nitrogens with one attached hydrogen (secondary N) is 2. The monoisotopic (exact) mass is 286 g/mol. The lowest BCUT2D eigenvalue weighted by Crippen LogP contribution is -2.46. The van der Waals surface area contributed by atoms with Gasteiger partial charge in [-0.1, -0.05) is 0 Å². The predicted molar refractivity (Wildman–Crippen MR) is 72.5 cm³/mol. The Morgan fingerprint density at radius 2 is 2.26 bits per heavy atom. The minimum absolute atomic E-state index is 0.0274. The van der Waals surface area contributed by atoms with E-state index in [1.165, 1.54) is 7.11 Å². The zero-order valence-electron chi connectivity index (χ0n) is 10.9. The molecule has 0 saturated carbocycles. The third kappa shape index (κ3) is 5.71. The average Bonchev–Trinajstić information content (AvgIpc) is 2.81. The first-order valence-corrected chi connectivity index (χ1v) is 6.78. The number of thiophene rings is 1. The number of amides is 2. The van der Waals surface area contributed by atoms with Crippen molar-refractivity contribution in [3.8, 4) is 0 Å². The fourth-order valence-electron chi connectivity index (χ4n) is 1.55. The zero-order valence-corrected chi connectivity index (χ0v) is 11.7. The minimum Gasteiger partial charge on any atom is -0.479 e. The Morgan fingerprint density at radius 3 is 2.79 bits per heavy atom. The first kappa shape index (κ1) is 15.5. The molecule has 2 atom stereocenters. The molecular weight excluding hydrogens is 268 g/mol. The van der Waals surface area contributed by atoms with Crippen LogP contribution in [-0.2, 0) is 16.0 Å². The number of carbonyl (C=O) groups is 2. The molecule has 3 N–H and O–H groups in total. The van der Waals surface area contributed by atoms with Crippen molar-refractivity contribution in [3.05, 3.63) is 22.4 Å². The number of ether oxygens (including phenoxy) is 1. The van der Waals surface area contributed by atoms with E-state index in [0.717, 1.165) is 12.0 Å². The lowest BCUT2D eigenvalue weighted by Gasteiger charge is -2.16. The largest absolute Gasteiger partial charge is 0.479 e. The summed E-state index contributed by atoms with van der Waals surface area (Å²) < 4.78 is 4.71. The quantitative estimate of drug-likeness (QED) is 0.700. The normalized spacial score (nSPS) is 13.6. The van der Waals surface area contributed by atoms with Crippen molar-refractivity contribution >= 4 is 23.3 Å². The summed E-state index contributed by atoms with van der Waals surface area (Å²) in [6, 6.07) is 1.58. The number of urea groups is 1. The highest BCUT2D eigenvalue weighted by Crippen LogP contribution is 2.08. The SMILES string of the molecule is COC(CNC(=O)NC(C)Cc1ccsc1)C(=O)O. The summed E-state index contributed by atoms with van der Waals surface area (Å²) in [6.07, 6.45) is -0.290. The molecule has 19 heavy (non-hydrogen) atoms.